The van der Waals surface area contributed by atoms with Gasteiger partial charge in [0.15, 0.2) is 0 Å². The number of hydrogen-bond acceptors (Lipinski definition) is 3. The van der Waals surface area contributed by atoms with Crippen molar-refractivity contribution in [3.05, 3.63) is 29.8 Å². The number of amides is 1. The molecule has 126 valence electrons. The Kier molecular flexibility index (Phi) is 5.21. The van der Waals surface area contributed by atoms with Crippen LogP contribution in [-0.4, -0.2) is 30.0 Å². The van der Waals surface area contributed by atoms with Gasteiger partial charge >= 0.3 is 0 Å². The van der Waals surface area contributed by atoms with Crippen molar-refractivity contribution in [1.29, 1.82) is 0 Å². The van der Waals surface area contributed by atoms with Crippen LogP contribution in [0.4, 0.5) is 0 Å². The highest BCUT2D eigenvalue weighted by Crippen LogP contribution is 2.32. The van der Waals surface area contributed by atoms with Gasteiger partial charge in [0.25, 0.3) is 0 Å². The Morgan fingerprint density at radius 2 is 1.87 bits per heavy atom. The van der Waals surface area contributed by atoms with E-state index in [1.165, 1.54) is 18.4 Å². The van der Waals surface area contributed by atoms with Gasteiger partial charge in [0, 0.05) is 25.0 Å². The van der Waals surface area contributed by atoms with E-state index in [2.05, 4.69) is 4.90 Å². The smallest absolute Gasteiger partial charge is 0.223 e. The van der Waals surface area contributed by atoms with E-state index < -0.39 is 0 Å². The number of ether oxygens (including phenoxy) is 1. The van der Waals surface area contributed by atoms with E-state index >= 15 is 0 Å². The summed E-state index contributed by atoms with van der Waals surface area (Å²) in [5.41, 5.74) is 7.38. The molecule has 2 aliphatic carbocycles. The lowest BCUT2D eigenvalue weighted by Crippen LogP contribution is -2.39. The fraction of sp³-hybridized carbons (Fsp3) is 0.632. The molecule has 0 spiro atoms. The second-order valence-corrected chi connectivity index (χ2v) is 7.01. The van der Waals surface area contributed by atoms with E-state index in [4.69, 9.17) is 10.5 Å². The lowest BCUT2D eigenvalue weighted by Gasteiger charge is -2.31. The molecule has 2 unspecified atom stereocenters. The lowest BCUT2D eigenvalue weighted by atomic mass is 9.82. The fourth-order valence-electron chi connectivity index (χ4n) is 3.57. The van der Waals surface area contributed by atoms with Crippen molar-refractivity contribution in [2.45, 2.75) is 63.6 Å². The van der Waals surface area contributed by atoms with E-state index in [-0.39, 0.29) is 11.9 Å². The van der Waals surface area contributed by atoms with Crippen molar-refractivity contribution >= 4 is 5.91 Å². The third kappa shape index (κ3) is 4.25. The van der Waals surface area contributed by atoms with Gasteiger partial charge in [-0.3, -0.25) is 4.79 Å². The predicted octanol–water partition coefficient (Wildman–Crippen LogP) is 3.09. The topological polar surface area (TPSA) is 55.6 Å². The number of carbonyl (C=O) groups excluding carboxylic acids is 1. The third-order valence-corrected chi connectivity index (χ3v) is 5.22. The maximum Gasteiger partial charge on any atom is 0.223 e. The first kappa shape index (κ1) is 16.3. The third-order valence-electron chi connectivity index (χ3n) is 5.22. The molecule has 0 saturated heterocycles. The molecule has 0 aromatic heterocycles. The summed E-state index contributed by atoms with van der Waals surface area (Å²) in [5, 5.41) is 0. The van der Waals surface area contributed by atoms with Crippen LogP contribution in [0, 0.1) is 5.92 Å². The summed E-state index contributed by atoms with van der Waals surface area (Å²) in [6, 6.07) is 8.66. The molecule has 3 rings (SSSR count). The molecule has 2 saturated carbocycles. The number of nitrogens with zero attached hydrogens (tertiary/aromatic N) is 1. The molecule has 0 aliphatic heterocycles. The van der Waals surface area contributed by atoms with Gasteiger partial charge in [0.1, 0.15) is 5.75 Å². The molecule has 2 atom stereocenters. The summed E-state index contributed by atoms with van der Waals surface area (Å²) in [5.74, 6) is 1.50. The van der Waals surface area contributed by atoms with Gasteiger partial charge < -0.3 is 15.4 Å². The van der Waals surface area contributed by atoms with E-state index in [9.17, 15) is 4.79 Å². The normalized spacial score (nSPS) is 24.3. The Morgan fingerprint density at radius 3 is 2.48 bits per heavy atom. The highest BCUT2D eigenvalue weighted by molar-refractivity contribution is 5.77. The Balaban J connectivity index is 1.62. The molecule has 4 nitrogen and oxygen atoms in total. The summed E-state index contributed by atoms with van der Waals surface area (Å²) in [6.07, 6.45) is 7.50. The molecule has 2 N–H and O–H groups in total. The van der Waals surface area contributed by atoms with Gasteiger partial charge in [-0.2, -0.15) is 0 Å². The zero-order valence-corrected chi connectivity index (χ0v) is 14.0. The summed E-state index contributed by atoms with van der Waals surface area (Å²) in [6.45, 7) is 0.704. The van der Waals surface area contributed by atoms with Crippen molar-refractivity contribution in [1.82, 2.24) is 4.90 Å². The first-order valence-electron chi connectivity index (χ1n) is 8.85. The predicted molar refractivity (Wildman–Crippen MR) is 91.1 cm³/mol. The molecule has 0 radical (unpaired) electrons. The first-order valence-corrected chi connectivity index (χ1v) is 8.85. The maximum absolute atomic E-state index is 12.8. The molecule has 2 fully saturated rings. The largest absolute Gasteiger partial charge is 0.497 e. The second kappa shape index (κ2) is 7.35. The zero-order valence-electron chi connectivity index (χ0n) is 14.0. The number of rotatable bonds is 6. The molecular formula is C19H28N2O2. The van der Waals surface area contributed by atoms with Crippen LogP contribution in [0.3, 0.4) is 0 Å². The summed E-state index contributed by atoms with van der Waals surface area (Å²) >= 11 is 0. The van der Waals surface area contributed by atoms with E-state index in [1.54, 1.807) is 7.11 Å². The van der Waals surface area contributed by atoms with Gasteiger partial charge in [-0.15, -0.1) is 0 Å². The number of hydrogen-bond donors (Lipinski definition) is 1. The average molecular weight is 316 g/mol. The summed E-state index contributed by atoms with van der Waals surface area (Å²) in [7, 11) is 1.67. The van der Waals surface area contributed by atoms with Crippen LogP contribution >= 0.6 is 0 Å². The zero-order chi connectivity index (χ0) is 16.2. The van der Waals surface area contributed by atoms with E-state index in [0.29, 0.717) is 24.9 Å². The maximum atomic E-state index is 12.8. The molecule has 1 amide bonds. The van der Waals surface area contributed by atoms with Crippen molar-refractivity contribution in [2.75, 3.05) is 7.11 Å². The Bertz CT molecular complexity index is 525. The highest BCUT2D eigenvalue weighted by Gasteiger charge is 2.34. The van der Waals surface area contributed by atoms with Crippen LogP contribution in [0.5, 0.6) is 5.75 Å². The average Bonchev–Trinajstić information content (AvgIpc) is 3.40. The van der Waals surface area contributed by atoms with Gasteiger partial charge in [-0.25, -0.2) is 0 Å². The van der Waals surface area contributed by atoms with Crippen LogP contribution in [0.1, 0.15) is 50.5 Å². The second-order valence-electron chi connectivity index (χ2n) is 7.01. The molecule has 4 heteroatoms. The number of benzene rings is 1. The first-order chi connectivity index (χ1) is 11.2. The van der Waals surface area contributed by atoms with Gasteiger partial charge in [-0.1, -0.05) is 25.0 Å². The molecule has 1 aromatic rings. The van der Waals surface area contributed by atoms with Gasteiger partial charge in [0.2, 0.25) is 5.91 Å². The van der Waals surface area contributed by atoms with Crippen molar-refractivity contribution in [2.24, 2.45) is 11.7 Å². The van der Waals surface area contributed by atoms with Crippen molar-refractivity contribution in [3.63, 3.8) is 0 Å². The van der Waals surface area contributed by atoms with Crippen LogP contribution in [0.2, 0.25) is 0 Å². The monoisotopic (exact) mass is 316 g/mol. The number of nitrogens with two attached hydrogens (primary N) is 1. The molecule has 0 heterocycles. The van der Waals surface area contributed by atoms with Crippen molar-refractivity contribution in [3.8, 4) is 5.75 Å². The van der Waals surface area contributed by atoms with E-state index in [1.807, 2.05) is 24.3 Å². The highest BCUT2D eigenvalue weighted by atomic mass is 16.5. The minimum Gasteiger partial charge on any atom is -0.497 e. The summed E-state index contributed by atoms with van der Waals surface area (Å²) in [4.78, 5) is 14.9. The van der Waals surface area contributed by atoms with E-state index in [0.717, 1.165) is 31.4 Å². The molecule has 1 aromatic carbocycles. The summed E-state index contributed by atoms with van der Waals surface area (Å²) < 4.78 is 5.20. The quantitative estimate of drug-likeness (QED) is 0.877. The van der Waals surface area contributed by atoms with Gasteiger partial charge in [-0.05, 0) is 49.3 Å². The molecular weight excluding hydrogens is 288 g/mol. The molecule has 0 bridgehead atoms. The molecule has 2 aliphatic rings. The minimum absolute atomic E-state index is 0.203. The number of methoxy groups -OCH3 is 1. The van der Waals surface area contributed by atoms with Gasteiger partial charge in [0.05, 0.1) is 7.11 Å². The molecule has 23 heavy (non-hydrogen) atoms. The SMILES string of the molecule is COc1ccc(CN(C(=O)CC2CCCCC2N)C2CC2)cc1. The van der Waals surface area contributed by atoms with Crippen molar-refractivity contribution < 1.29 is 9.53 Å². The van der Waals surface area contributed by atoms with Crippen LogP contribution in [0.25, 0.3) is 0 Å². The lowest BCUT2D eigenvalue weighted by molar-refractivity contribution is -0.133. The standard InChI is InChI=1S/C19H28N2O2/c1-23-17-10-6-14(7-11-17)13-21(16-8-9-16)19(22)12-15-4-2-3-5-18(15)20/h6-7,10-11,15-16,18H,2-5,8-9,12-13,20H2,1H3. The van der Waals surface area contributed by atoms with Crippen LogP contribution in [0.15, 0.2) is 24.3 Å². The fourth-order valence-corrected chi connectivity index (χ4v) is 3.57. The Hall–Kier alpha value is -1.55. The van der Waals surface area contributed by atoms with Crippen LogP contribution in [-0.2, 0) is 11.3 Å². The Morgan fingerprint density at radius 1 is 1.17 bits per heavy atom. The minimum atomic E-state index is 0.203. The Labute approximate surface area is 139 Å². The van der Waals surface area contributed by atoms with Crippen LogP contribution < -0.4 is 10.5 Å². The number of carbonyl (C=O) groups is 1.